The number of hydrazine groups is 1. The second kappa shape index (κ2) is 6.08. The van der Waals surface area contributed by atoms with Gasteiger partial charge in [0.25, 0.3) is 0 Å². The summed E-state index contributed by atoms with van der Waals surface area (Å²) in [6, 6.07) is 7.85. The van der Waals surface area contributed by atoms with Crippen molar-refractivity contribution < 1.29 is 4.74 Å². The van der Waals surface area contributed by atoms with Crippen molar-refractivity contribution in [2.75, 3.05) is 7.11 Å². The van der Waals surface area contributed by atoms with Crippen LogP contribution in [0, 0.1) is 0 Å². The number of ether oxygens (including phenoxy) is 1. The van der Waals surface area contributed by atoms with Gasteiger partial charge in [-0.05, 0) is 31.0 Å². The Bertz CT molecular complexity index is 289. The van der Waals surface area contributed by atoms with Crippen molar-refractivity contribution in [3.63, 3.8) is 0 Å². The quantitative estimate of drug-likeness (QED) is 0.596. The van der Waals surface area contributed by atoms with Crippen LogP contribution in [0.25, 0.3) is 0 Å². The molecular weight excluding hydrogens is 212 g/mol. The molecule has 15 heavy (non-hydrogen) atoms. The minimum Gasteiger partial charge on any atom is -0.380 e. The van der Waals surface area contributed by atoms with Gasteiger partial charge in [0.15, 0.2) is 0 Å². The van der Waals surface area contributed by atoms with Crippen molar-refractivity contribution in [2.45, 2.75) is 25.5 Å². The molecule has 0 bridgehead atoms. The number of rotatable bonds is 5. The topological polar surface area (TPSA) is 47.3 Å². The van der Waals surface area contributed by atoms with Crippen molar-refractivity contribution in [3.05, 3.63) is 34.9 Å². The predicted octanol–water partition coefficient (Wildman–Crippen LogP) is 1.75. The van der Waals surface area contributed by atoms with Crippen molar-refractivity contribution in [2.24, 2.45) is 5.84 Å². The van der Waals surface area contributed by atoms with Crippen LogP contribution in [0.3, 0.4) is 0 Å². The van der Waals surface area contributed by atoms with Crippen LogP contribution in [0.2, 0.25) is 5.02 Å². The largest absolute Gasteiger partial charge is 0.380 e. The molecule has 0 saturated heterocycles. The summed E-state index contributed by atoms with van der Waals surface area (Å²) in [7, 11) is 1.68. The van der Waals surface area contributed by atoms with E-state index in [0.29, 0.717) is 0 Å². The number of benzene rings is 1. The molecule has 84 valence electrons. The Hall–Kier alpha value is -0.610. The van der Waals surface area contributed by atoms with Crippen LogP contribution < -0.4 is 11.3 Å². The molecule has 1 aromatic rings. The van der Waals surface area contributed by atoms with Crippen LogP contribution >= 0.6 is 11.6 Å². The Morgan fingerprint density at radius 2 is 2.00 bits per heavy atom. The van der Waals surface area contributed by atoms with Gasteiger partial charge in [-0.2, -0.15) is 0 Å². The molecule has 0 spiro atoms. The molecule has 2 unspecified atom stereocenters. The van der Waals surface area contributed by atoms with Crippen molar-refractivity contribution in [3.8, 4) is 0 Å². The highest BCUT2D eigenvalue weighted by Gasteiger charge is 2.15. The molecule has 0 fully saturated rings. The predicted molar refractivity (Wildman–Crippen MR) is 62.7 cm³/mol. The van der Waals surface area contributed by atoms with Gasteiger partial charge < -0.3 is 4.74 Å². The van der Waals surface area contributed by atoms with E-state index in [4.69, 9.17) is 22.2 Å². The van der Waals surface area contributed by atoms with E-state index in [1.807, 2.05) is 31.2 Å². The molecule has 2 atom stereocenters. The first-order chi connectivity index (χ1) is 7.17. The van der Waals surface area contributed by atoms with E-state index in [-0.39, 0.29) is 12.1 Å². The van der Waals surface area contributed by atoms with Gasteiger partial charge in [0.1, 0.15) is 0 Å². The SMILES string of the molecule is COC(C)C(Cc1ccc(Cl)cc1)NN. The highest BCUT2D eigenvalue weighted by Crippen LogP contribution is 2.12. The second-order valence-electron chi connectivity index (χ2n) is 3.54. The summed E-state index contributed by atoms with van der Waals surface area (Å²) in [6.07, 6.45) is 0.897. The van der Waals surface area contributed by atoms with E-state index in [2.05, 4.69) is 5.43 Å². The van der Waals surface area contributed by atoms with Crippen LogP contribution in [0.4, 0.5) is 0 Å². The standard InChI is InChI=1S/C11H17ClN2O/c1-8(15-2)11(14-13)7-9-3-5-10(12)6-4-9/h3-6,8,11,14H,7,13H2,1-2H3. The summed E-state index contributed by atoms with van der Waals surface area (Å²) in [4.78, 5) is 0. The maximum absolute atomic E-state index is 5.81. The zero-order valence-electron chi connectivity index (χ0n) is 9.03. The summed E-state index contributed by atoms with van der Waals surface area (Å²) in [5, 5.41) is 0.746. The van der Waals surface area contributed by atoms with Crippen LogP contribution in [0.5, 0.6) is 0 Å². The molecule has 3 N–H and O–H groups in total. The highest BCUT2D eigenvalue weighted by atomic mass is 35.5. The first-order valence-corrected chi connectivity index (χ1v) is 5.28. The Labute approximate surface area is 95.5 Å². The molecule has 0 aliphatic carbocycles. The lowest BCUT2D eigenvalue weighted by molar-refractivity contribution is 0.0831. The lowest BCUT2D eigenvalue weighted by Crippen LogP contribution is -2.45. The molecular formula is C11H17ClN2O. The van der Waals surface area contributed by atoms with Gasteiger partial charge in [0.05, 0.1) is 12.1 Å². The summed E-state index contributed by atoms with van der Waals surface area (Å²) in [5.74, 6) is 5.47. The third-order valence-corrected chi connectivity index (χ3v) is 2.77. The number of halogens is 1. The van der Waals surface area contributed by atoms with Crippen molar-refractivity contribution in [1.82, 2.24) is 5.43 Å². The molecule has 0 heterocycles. The highest BCUT2D eigenvalue weighted by molar-refractivity contribution is 6.30. The molecule has 0 saturated carbocycles. The van der Waals surface area contributed by atoms with Gasteiger partial charge in [-0.1, -0.05) is 23.7 Å². The van der Waals surface area contributed by atoms with E-state index in [0.717, 1.165) is 11.4 Å². The second-order valence-corrected chi connectivity index (χ2v) is 3.98. The fraction of sp³-hybridized carbons (Fsp3) is 0.455. The molecule has 1 rings (SSSR count). The van der Waals surface area contributed by atoms with Crippen LogP contribution in [-0.4, -0.2) is 19.3 Å². The summed E-state index contributed by atoms with van der Waals surface area (Å²) < 4.78 is 5.23. The molecule has 0 aliphatic rings. The maximum atomic E-state index is 5.81. The van der Waals surface area contributed by atoms with Crippen LogP contribution in [0.1, 0.15) is 12.5 Å². The number of hydrogen-bond acceptors (Lipinski definition) is 3. The molecule has 4 heteroatoms. The summed E-state index contributed by atoms with van der Waals surface area (Å²) in [5.41, 5.74) is 3.94. The average Bonchev–Trinajstić information content (AvgIpc) is 2.27. The third-order valence-electron chi connectivity index (χ3n) is 2.52. The number of nitrogens with one attached hydrogen (secondary N) is 1. The summed E-state index contributed by atoms with van der Waals surface area (Å²) in [6.45, 7) is 1.99. The summed E-state index contributed by atoms with van der Waals surface area (Å²) >= 11 is 5.81. The van der Waals surface area contributed by atoms with Crippen molar-refractivity contribution >= 4 is 11.6 Å². The van der Waals surface area contributed by atoms with Gasteiger partial charge in [-0.25, -0.2) is 0 Å². The van der Waals surface area contributed by atoms with E-state index in [1.165, 1.54) is 5.56 Å². The van der Waals surface area contributed by atoms with E-state index in [9.17, 15) is 0 Å². The normalized spacial score (nSPS) is 14.9. The zero-order valence-corrected chi connectivity index (χ0v) is 9.79. The first-order valence-electron chi connectivity index (χ1n) is 4.90. The molecule has 1 aromatic carbocycles. The Morgan fingerprint density at radius 1 is 1.40 bits per heavy atom. The lowest BCUT2D eigenvalue weighted by atomic mass is 10.0. The number of nitrogens with two attached hydrogens (primary N) is 1. The Kier molecular flexibility index (Phi) is 5.05. The first kappa shape index (κ1) is 12.5. The smallest absolute Gasteiger partial charge is 0.0712 e. The van der Waals surface area contributed by atoms with E-state index >= 15 is 0 Å². The average molecular weight is 229 g/mol. The van der Waals surface area contributed by atoms with Crippen LogP contribution in [-0.2, 0) is 11.2 Å². The minimum absolute atomic E-state index is 0.0747. The monoisotopic (exact) mass is 228 g/mol. The molecule has 3 nitrogen and oxygen atoms in total. The zero-order chi connectivity index (χ0) is 11.3. The van der Waals surface area contributed by atoms with E-state index in [1.54, 1.807) is 7.11 Å². The van der Waals surface area contributed by atoms with Gasteiger partial charge in [-0.3, -0.25) is 11.3 Å². The molecule has 0 radical (unpaired) electrons. The van der Waals surface area contributed by atoms with Gasteiger partial charge >= 0.3 is 0 Å². The van der Waals surface area contributed by atoms with Crippen molar-refractivity contribution in [1.29, 1.82) is 0 Å². The van der Waals surface area contributed by atoms with Gasteiger partial charge in [0.2, 0.25) is 0 Å². The third kappa shape index (κ3) is 3.80. The Balaban J connectivity index is 2.62. The molecule has 0 amide bonds. The lowest BCUT2D eigenvalue weighted by Gasteiger charge is -2.21. The van der Waals surface area contributed by atoms with Gasteiger partial charge in [-0.15, -0.1) is 0 Å². The number of hydrogen-bond donors (Lipinski definition) is 2. The van der Waals surface area contributed by atoms with Crippen LogP contribution in [0.15, 0.2) is 24.3 Å². The fourth-order valence-corrected chi connectivity index (χ4v) is 1.53. The molecule has 0 aliphatic heterocycles. The van der Waals surface area contributed by atoms with Gasteiger partial charge in [0, 0.05) is 12.1 Å². The fourth-order valence-electron chi connectivity index (χ4n) is 1.40. The number of methoxy groups -OCH3 is 1. The molecule has 0 aromatic heterocycles. The minimum atomic E-state index is 0.0747. The maximum Gasteiger partial charge on any atom is 0.0712 e. The van der Waals surface area contributed by atoms with E-state index < -0.39 is 0 Å². The Morgan fingerprint density at radius 3 is 2.47 bits per heavy atom.